The van der Waals surface area contributed by atoms with Gasteiger partial charge in [0.1, 0.15) is 5.75 Å². The first-order valence-corrected chi connectivity index (χ1v) is 7.29. The molecule has 0 amide bonds. The molecule has 1 aromatic rings. The molecule has 3 nitrogen and oxygen atoms in total. The summed E-state index contributed by atoms with van der Waals surface area (Å²) in [5, 5.41) is 0. The summed E-state index contributed by atoms with van der Waals surface area (Å²) in [6, 6.07) is 3.28. The van der Waals surface area contributed by atoms with Crippen molar-refractivity contribution >= 4 is 19.7 Å². The molecular formula is C12H13ClO3S. The zero-order valence-corrected chi connectivity index (χ0v) is 11.2. The number of ether oxygens (including phenoxy) is 1. The summed E-state index contributed by atoms with van der Waals surface area (Å²) in [6.07, 6.45) is 5.61. The topological polar surface area (TPSA) is 43.4 Å². The van der Waals surface area contributed by atoms with Crippen LogP contribution in [0.5, 0.6) is 5.75 Å². The maximum absolute atomic E-state index is 11.3. The third kappa shape index (κ3) is 3.65. The molecule has 0 fully saturated rings. The Balaban J connectivity index is 3.07. The lowest BCUT2D eigenvalue weighted by atomic mass is 10.1. The van der Waals surface area contributed by atoms with E-state index in [1.54, 1.807) is 26.0 Å². The smallest absolute Gasteiger partial charge is 0.261 e. The number of benzene rings is 1. The fourth-order valence-electron chi connectivity index (χ4n) is 1.61. The van der Waals surface area contributed by atoms with Crippen LogP contribution in [0.3, 0.4) is 0 Å². The molecule has 0 aromatic heterocycles. The third-order valence-electron chi connectivity index (χ3n) is 2.19. The summed E-state index contributed by atoms with van der Waals surface area (Å²) in [7, 11) is 1.63. The lowest BCUT2D eigenvalue weighted by Gasteiger charge is -2.10. The summed E-state index contributed by atoms with van der Waals surface area (Å²) in [5.74, 6) is 3.06. The fraction of sp³-hybridized carbons (Fsp3) is 0.333. The van der Waals surface area contributed by atoms with E-state index in [0.717, 1.165) is 0 Å². The van der Waals surface area contributed by atoms with Gasteiger partial charge in [0.25, 0.3) is 9.05 Å². The molecule has 0 aliphatic heterocycles. The van der Waals surface area contributed by atoms with Gasteiger partial charge in [0.15, 0.2) is 0 Å². The maximum Gasteiger partial charge on any atom is 0.261 e. The molecule has 0 bridgehead atoms. The van der Waals surface area contributed by atoms with Crippen molar-refractivity contribution in [2.45, 2.75) is 25.2 Å². The third-order valence-corrected chi connectivity index (χ3v) is 3.79. The quantitative estimate of drug-likeness (QED) is 0.481. The average Bonchev–Trinajstić information content (AvgIpc) is 2.14. The highest BCUT2D eigenvalue weighted by molar-refractivity contribution is 8.13. The number of hydrogen-bond acceptors (Lipinski definition) is 3. The van der Waals surface area contributed by atoms with Crippen molar-refractivity contribution in [2.24, 2.45) is 0 Å². The Kier molecular flexibility index (Phi) is 4.44. The number of aryl methyl sites for hydroxylation is 2. The van der Waals surface area contributed by atoms with Crippen molar-refractivity contribution in [1.82, 2.24) is 0 Å². The van der Waals surface area contributed by atoms with Crippen molar-refractivity contribution in [3.8, 4) is 18.1 Å². The standard InChI is InChI=1S/C12H13ClO3S/c1-4-5-6-16-11-7-9(2)12(10(3)8-11)17(13,14)15/h1,7-8H,5-6H2,2-3H3. The highest BCUT2D eigenvalue weighted by Gasteiger charge is 2.17. The molecule has 0 N–H and O–H groups in total. The first-order valence-electron chi connectivity index (χ1n) is 4.98. The molecule has 0 spiro atoms. The zero-order chi connectivity index (χ0) is 13.1. The van der Waals surface area contributed by atoms with Gasteiger partial charge < -0.3 is 4.74 Å². The van der Waals surface area contributed by atoms with E-state index in [4.69, 9.17) is 21.8 Å². The van der Waals surface area contributed by atoms with Gasteiger partial charge >= 0.3 is 0 Å². The first kappa shape index (κ1) is 13.9. The minimum atomic E-state index is -3.72. The summed E-state index contributed by atoms with van der Waals surface area (Å²) >= 11 is 0. The monoisotopic (exact) mass is 272 g/mol. The van der Waals surface area contributed by atoms with Gasteiger partial charge in [-0.15, -0.1) is 12.3 Å². The number of rotatable bonds is 4. The summed E-state index contributed by atoms with van der Waals surface area (Å²) in [4.78, 5) is 0.142. The molecule has 0 atom stereocenters. The van der Waals surface area contributed by atoms with E-state index in [1.165, 1.54) is 0 Å². The van der Waals surface area contributed by atoms with Crippen molar-refractivity contribution in [3.05, 3.63) is 23.3 Å². The van der Waals surface area contributed by atoms with Crippen LogP contribution in [0.15, 0.2) is 17.0 Å². The normalized spacial score (nSPS) is 10.9. The highest BCUT2D eigenvalue weighted by atomic mass is 35.7. The maximum atomic E-state index is 11.3. The van der Waals surface area contributed by atoms with Crippen LogP contribution in [-0.2, 0) is 9.05 Å². The summed E-state index contributed by atoms with van der Waals surface area (Å²) in [5.41, 5.74) is 1.13. The van der Waals surface area contributed by atoms with Gasteiger partial charge in [-0.2, -0.15) is 0 Å². The lowest BCUT2D eigenvalue weighted by molar-refractivity contribution is 0.326. The van der Waals surface area contributed by atoms with E-state index in [1.807, 2.05) is 0 Å². The zero-order valence-electron chi connectivity index (χ0n) is 9.66. The van der Waals surface area contributed by atoms with Gasteiger partial charge in [-0.05, 0) is 37.1 Å². The Morgan fingerprint density at radius 3 is 2.29 bits per heavy atom. The molecule has 0 saturated carbocycles. The molecule has 0 aliphatic carbocycles. The first-order chi connectivity index (χ1) is 7.86. The number of terminal acetylenes is 1. The van der Waals surface area contributed by atoms with Crippen molar-refractivity contribution in [3.63, 3.8) is 0 Å². The van der Waals surface area contributed by atoms with Crippen molar-refractivity contribution in [2.75, 3.05) is 6.61 Å². The van der Waals surface area contributed by atoms with Gasteiger partial charge in [-0.25, -0.2) is 8.42 Å². The molecular weight excluding hydrogens is 260 g/mol. The Bertz CT molecular complexity index is 533. The minimum Gasteiger partial charge on any atom is -0.493 e. The van der Waals surface area contributed by atoms with E-state index in [2.05, 4.69) is 5.92 Å². The molecule has 0 heterocycles. The van der Waals surface area contributed by atoms with E-state index in [-0.39, 0.29) is 4.90 Å². The molecule has 0 radical (unpaired) electrons. The molecule has 0 saturated heterocycles. The van der Waals surface area contributed by atoms with Gasteiger partial charge in [-0.1, -0.05) is 0 Å². The van der Waals surface area contributed by atoms with Crippen LogP contribution in [0, 0.1) is 26.2 Å². The Hall–Kier alpha value is -1.18. The number of halogens is 1. The summed E-state index contributed by atoms with van der Waals surface area (Å²) in [6.45, 7) is 3.76. The molecule has 1 rings (SSSR count). The molecule has 5 heteroatoms. The second-order valence-electron chi connectivity index (χ2n) is 3.63. The van der Waals surface area contributed by atoms with Crippen LogP contribution in [0.2, 0.25) is 0 Å². The Morgan fingerprint density at radius 1 is 1.35 bits per heavy atom. The SMILES string of the molecule is C#CCCOc1cc(C)c(S(=O)(=O)Cl)c(C)c1. The van der Waals surface area contributed by atoms with Crippen LogP contribution in [-0.4, -0.2) is 15.0 Å². The predicted octanol–water partition coefficient (Wildman–Crippen LogP) is 2.63. The molecule has 0 aliphatic rings. The van der Waals surface area contributed by atoms with Crippen LogP contribution in [0.25, 0.3) is 0 Å². The molecule has 0 unspecified atom stereocenters. The van der Waals surface area contributed by atoms with E-state index in [0.29, 0.717) is 29.9 Å². The second-order valence-corrected chi connectivity index (χ2v) is 6.13. The van der Waals surface area contributed by atoms with Gasteiger partial charge in [0.05, 0.1) is 11.5 Å². The molecule has 1 aromatic carbocycles. The predicted molar refractivity (Wildman–Crippen MR) is 67.9 cm³/mol. The fourth-order valence-corrected chi connectivity index (χ4v) is 3.22. The van der Waals surface area contributed by atoms with Gasteiger partial charge in [0.2, 0.25) is 0 Å². The van der Waals surface area contributed by atoms with E-state index >= 15 is 0 Å². The van der Waals surface area contributed by atoms with Gasteiger partial charge in [-0.3, -0.25) is 0 Å². The lowest BCUT2D eigenvalue weighted by Crippen LogP contribution is -2.01. The van der Waals surface area contributed by atoms with Crippen LogP contribution in [0.1, 0.15) is 17.5 Å². The van der Waals surface area contributed by atoms with E-state index < -0.39 is 9.05 Å². The molecule has 17 heavy (non-hydrogen) atoms. The van der Waals surface area contributed by atoms with Crippen molar-refractivity contribution < 1.29 is 13.2 Å². The minimum absolute atomic E-state index is 0.142. The summed E-state index contributed by atoms with van der Waals surface area (Å²) < 4.78 is 28.1. The second kappa shape index (κ2) is 5.44. The largest absolute Gasteiger partial charge is 0.493 e. The Morgan fingerprint density at radius 2 is 1.88 bits per heavy atom. The Labute approximate surface area is 106 Å². The van der Waals surface area contributed by atoms with Crippen LogP contribution < -0.4 is 4.74 Å². The average molecular weight is 273 g/mol. The van der Waals surface area contributed by atoms with Crippen molar-refractivity contribution in [1.29, 1.82) is 0 Å². The van der Waals surface area contributed by atoms with Gasteiger partial charge in [0, 0.05) is 17.1 Å². The van der Waals surface area contributed by atoms with E-state index in [9.17, 15) is 8.42 Å². The number of hydrogen-bond donors (Lipinski definition) is 0. The van der Waals surface area contributed by atoms with Crippen LogP contribution in [0.4, 0.5) is 0 Å². The van der Waals surface area contributed by atoms with Crippen LogP contribution >= 0.6 is 10.7 Å². The molecule has 92 valence electrons. The highest BCUT2D eigenvalue weighted by Crippen LogP contribution is 2.28.